The average Bonchev–Trinajstić information content (AvgIpc) is 2.82. The third-order valence-corrected chi connectivity index (χ3v) is 3.82. The van der Waals surface area contributed by atoms with E-state index >= 15 is 0 Å². The fraction of sp³-hybridized carbons (Fsp3) is 0.692. The minimum Gasteiger partial charge on any atom is -0.388 e. The highest BCUT2D eigenvalue weighted by Gasteiger charge is 2.24. The zero-order valence-electron chi connectivity index (χ0n) is 10.9. The second kappa shape index (κ2) is 6.63. The molecule has 1 unspecified atom stereocenters. The molecule has 1 aromatic rings. The molecule has 1 aliphatic heterocycles. The second-order valence-electron chi connectivity index (χ2n) is 5.12. The van der Waals surface area contributed by atoms with Crippen LogP contribution in [0.15, 0.2) is 16.8 Å². The fourth-order valence-electron chi connectivity index (χ4n) is 2.17. The van der Waals surface area contributed by atoms with E-state index in [-0.39, 0.29) is 0 Å². The van der Waals surface area contributed by atoms with E-state index in [4.69, 9.17) is 4.74 Å². The summed E-state index contributed by atoms with van der Waals surface area (Å²) in [5.74, 6) is 0. The quantitative estimate of drug-likeness (QED) is 0.807. The summed E-state index contributed by atoms with van der Waals surface area (Å²) in [6, 6.07) is 2.11. The van der Waals surface area contributed by atoms with E-state index in [9.17, 15) is 5.11 Å². The Kier molecular flexibility index (Phi) is 5.14. The van der Waals surface area contributed by atoms with Crippen LogP contribution in [0.1, 0.15) is 12.5 Å². The van der Waals surface area contributed by atoms with Crippen molar-refractivity contribution in [1.82, 2.24) is 10.2 Å². The molecule has 2 N–H and O–H groups in total. The molecule has 4 nitrogen and oxygen atoms in total. The van der Waals surface area contributed by atoms with E-state index in [2.05, 4.69) is 27.0 Å². The Morgan fingerprint density at radius 1 is 1.50 bits per heavy atom. The summed E-state index contributed by atoms with van der Waals surface area (Å²) in [6.07, 6.45) is 0. The predicted molar refractivity (Wildman–Crippen MR) is 73.9 cm³/mol. The Balaban J connectivity index is 1.69. The molecule has 102 valence electrons. The monoisotopic (exact) mass is 270 g/mol. The second-order valence-corrected chi connectivity index (χ2v) is 5.90. The molecule has 0 saturated carbocycles. The summed E-state index contributed by atoms with van der Waals surface area (Å²) in [5, 5.41) is 17.9. The van der Waals surface area contributed by atoms with Crippen LogP contribution >= 0.6 is 11.3 Å². The van der Waals surface area contributed by atoms with Gasteiger partial charge < -0.3 is 15.2 Å². The first-order chi connectivity index (χ1) is 8.66. The molecule has 0 aliphatic carbocycles. The molecule has 1 atom stereocenters. The molecule has 0 amide bonds. The first-order valence-corrected chi connectivity index (χ1v) is 7.34. The molecule has 0 bridgehead atoms. The maximum Gasteiger partial charge on any atom is 0.0869 e. The van der Waals surface area contributed by atoms with Gasteiger partial charge in [0, 0.05) is 32.7 Å². The highest BCUT2D eigenvalue weighted by atomic mass is 32.1. The lowest BCUT2D eigenvalue weighted by Gasteiger charge is -2.34. The van der Waals surface area contributed by atoms with E-state index in [1.807, 2.05) is 6.92 Å². The molecule has 2 heterocycles. The molecular formula is C13H22N2O2S. The topological polar surface area (TPSA) is 44.7 Å². The van der Waals surface area contributed by atoms with Gasteiger partial charge in [0.1, 0.15) is 0 Å². The van der Waals surface area contributed by atoms with Crippen molar-refractivity contribution in [1.29, 1.82) is 0 Å². The van der Waals surface area contributed by atoms with Crippen molar-refractivity contribution in [3.63, 3.8) is 0 Å². The van der Waals surface area contributed by atoms with E-state index in [1.165, 1.54) is 5.56 Å². The van der Waals surface area contributed by atoms with Gasteiger partial charge in [-0.25, -0.2) is 0 Å². The number of nitrogens with one attached hydrogen (secondary N) is 1. The number of hydrogen-bond donors (Lipinski definition) is 2. The molecule has 0 spiro atoms. The largest absolute Gasteiger partial charge is 0.388 e. The number of thiophene rings is 1. The van der Waals surface area contributed by atoms with Gasteiger partial charge >= 0.3 is 0 Å². The lowest BCUT2D eigenvalue weighted by molar-refractivity contribution is -0.0219. The van der Waals surface area contributed by atoms with Crippen LogP contribution in [0.2, 0.25) is 0 Å². The summed E-state index contributed by atoms with van der Waals surface area (Å²) in [4.78, 5) is 2.26. The van der Waals surface area contributed by atoms with Crippen molar-refractivity contribution < 1.29 is 9.84 Å². The first-order valence-electron chi connectivity index (χ1n) is 6.40. The van der Waals surface area contributed by atoms with E-state index in [0.717, 1.165) is 32.8 Å². The van der Waals surface area contributed by atoms with Gasteiger partial charge in [-0.15, -0.1) is 0 Å². The molecule has 18 heavy (non-hydrogen) atoms. The zero-order chi connectivity index (χ0) is 12.8. The number of ether oxygens (including phenoxy) is 1. The molecule has 1 aromatic heterocycles. The standard InChI is InChI=1S/C13H22N2O2S/c1-13(16,11-15-3-5-17-6-4-15)10-14-8-12-2-7-18-9-12/h2,7,9,14,16H,3-6,8,10-11H2,1H3. The van der Waals surface area contributed by atoms with Crippen molar-refractivity contribution >= 4 is 11.3 Å². The molecular weight excluding hydrogens is 248 g/mol. The normalized spacial score (nSPS) is 20.8. The molecule has 1 fully saturated rings. The maximum absolute atomic E-state index is 10.4. The number of morpholine rings is 1. The third-order valence-electron chi connectivity index (χ3n) is 3.08. The fourth-order valence-corrected chi connectivity index (χ4v) is 2.83. The van der Waals surface area contributed by atoms with Crippen LogP contribution in [0.4, 0.5) is 0 Å². The molecule has 1 aliphatic rings. The first kappa shape index (κ1) is 14.0. The zero-order valence-corrected chi connectivity index (χ0v) is 11.7. The molecule has 0 aromatic carbocycles. The van der Waals surface area contributed by atoms with Crippen LogP contribution in [-0.2, 0) is 11.3 Å². The van der Waals surface area contributed by atoms with Gasteiger partial charge in [0.25, 0.3) is 0 Å². The van der Waals surface area contributed by atoms with E-state index in [0.29, 0.717) is 13.1 Å². The summed E-state index contributed by atoms with van der Waals surface area (Å²) < 4.78 is 5.31. The Morgan fingerprint density at radius 2 is 2.28 bits per heavy atom. The minimum atomic E-state index is -0.687. The van der Waals surface area contributed by atoms with E-state index in [1.54, 1.807) is 11.3 Å². The highest BCUT2D eigenvalue weighted by molar-refractivity contribution is 7.07. The Labute approximate surface area is 113 Å². The lowest BCUT2D eigenvalue weighted by Crippen LogP contribution is -2.50. The Morgan fingerprint density at radius 3 is 2.94 bits per heavy atom. The Hall–Kier alpha value is -0.460. The minimum absolute atomic E-state index is 0.611. The van der Waals surface area contributed by atoms with Gasteiger partial charge in [0.2, 0.25) is 0 Å². The van der Waals surface area contributed by atoms with Crippen molar-refractivity contribution in [3.8, 4) is 0 Å². The molecule has 2 rings (SSSR count). The number of aliphatic hydroxyl groups is 1. The summed E-state index contributed by atoms with van der Waals surface area (Å²) in [5.41, 5.74) is 0.593. The molecule has 5 heteroatoms. The van der Waals surface area contributed by atoms with Crippen LogP contribution in [0.5, 0.6) is 0 Å². The molecule has 0 radical (unpaired) electrons. The van der Waals surface area contributed by atoms with Crippen molar-refractivity contribution in [2.75, 3.05) is 39.4 Å². The van der Waals surface area contributed by atoms with Gasteiger partial charge in [-0.2, -0.15) is 11.3 Å². The smallest absolute Gasteiger partial charge is 0.0869 e. The summed E-state index contributed by atoms with van der Waals surface area (Å²) in [7, 11) is 0. The van der Waals surface area contributed by atoms with Crippen LogP contribution < -0.4 is 5.32 Å². The predicted octanol–water partition coefficient (Wildman–Crippen LogP) is 0.921. The van der Waals surface area contributed by atoms with Gasteiger partial charge in [0.05, 0.1) is 18.8 Å². The highest BCUT2D eigenvalue weighted by Crippen LogP contribution is 2.09. The van der Waals surface area contributed by atoms with E-state index < -0.39 is 5.60 Å². The van der Waals surface area contributed by atoms with Crippen molar-refractivity contribution in [3.05, 3.63) is 22.4 Å². The van der Waals surface area contributed by atoms with Crippen LogP contribution in [0.25, 0.3) is 0 Å². The number of rotatable bonds is 6. The van der Waals surface area contributed by atoms with Crippen molar-refractivity contribution in [2.45, 2.75) is 19.1 Å². The number of nitrogens with zero attached hydrogens (tertiary/aromatic N) is 1. The van der Waals surface area contributed by atoms with Crippen LogP contribution in [0.3, 0.4) is 0 Å². The SMILES string of the molecule is CC(O)(CNCc1ccsc1)CN1CCOCC1. The van der Waals surface area contributed by atoms with Crippen molar-refractivity contribution in [2.24, 2.45) is 0 Å². The van der Waals surface area contributed by atoms with Gasteiger partial charge in [-0.1, -0.05) is 0 Å². The van der Waals surface area contributed by atoms with Gasteiger partial charge in [-0.3, -0.25) is 4.90 Å². The summed E-state index contributed by atoms with van der Waals surface area (Å²) >= 11 is 1.70. The van der Waals surface area contributed by atoms with Crippen LogP contribution in [-0.4, -0.2) is 55.0 Å². The maximum atomic E-state index is 10.4. The average molecular weight is 270 g/mol. The number of hydrogen-bond acceptors (Lipinski definition) is 5. The van der Waals surface area contributed by atoms with Gasteiger partial charge in [0.15, 0.2) is 0 Å². The number of β-amino-alcohol motifs (C(OH)–C–C–N with tert-alkyl or cyclic N) is 1. The lowest BCUT2D eigenvalue weighted by atomic mass is 10.1. The Bertz CT molecular complexity index is 335. The third kappa shape index (κ3) is 4.66. The molecule has 1 saturated heterocycles. The van der Waals surface area contributed by atoms with Crippen LogP contribution in [0, 0.1) is 0 Å². The summed E-state index contributed by atoms with van der Waals surface area (Å²) in [6.45, 7) is 7.41. The van der Waals surface area contributed by atoms with Gasteiger partial charge in [-0.05, 0) is 29.3 Å².